The lowest BCUT2D eigenvalue weighted by Gasteiger charge is -2.25. The van der Waals surface area contributed by atoms with Crippen molar-refractivity contribution in [1.82, 2.24) is 4.72 Å². The Bertz CT molecular complexity index is 350. The molecule has 1 aliphatic heterocycles. The summed E-state index contributed by atoms with van der Waals surface area (Å²) in [5.74, 6) is 0.00604. The maximum absolute atomic E-state index is 12.1. The Hall–Kier alpha value is -0.660. The van der Waals surface area contributed by atoms with Gasteiger partial charge in [-0.2, -0.15) is 0 Å². The van der Waals surface area contributed by atoms with Crippen molar-refractivity contribution in [3.05, 3.63) is 0 Å². The highest BCUT2D eigenvalue weighted by Gasteiger charge is 2.29. The molecule has 0 aromatic heterocycles. The third-order valence-corrected chi connectivity index (χ3v) is 4.91. The molecule has 7 heteroatoms. The molecule has 1 fully saturated rings. The topological polar surface area (TPSA) is 105 Å². The van der Waals surface area contributed by atoms with Crippen molar-refractivity contribution < 1.29 is 13.2 Å². The van der Waals surface area contributed by atoms with Gasteiger partial charge in [0.1, 0.15) is 0 Å². The van der Waals surface area contributed by atoms with Crippen molar-refractivity contribution in [2.24, 2.45) is 5.73 Å². The fraction of sp³-hybridized carbons (Fsp3) is 0.900. The van der Waals surface area contributed by atoms with E-state index in [1.165, 1.54) is 0 Å². The van der Waals surface area contributed by atoms with Crippen LogP contribution in [0.4, 0.5) is 0 Å². The molecular weight excluding hydrogens is 242 g/mol. The summed E-state index contributed by atoms with van der Waals surface area (Å²) in [5.41, 5.74) is 5.29. The van der Waals surface area contributed by atoms with Gasteiger partial charge in [-0.05, 0) is 19.3 Å². The van der Waals surface area contributed by atoms with Crippen molar-refractivity contribution in [3.63, 3.8) is 0 Å². The zero-order valence-electron chi connectivity index (χ0n) is 10.1. The van der Waals surface area contributed by atoms with Crippen LogP contribution < -0.4 is 10.5 Å². The van der Waals surface area contributed by atoms with Gasteiger partial charge >= 0.3 is 0 Å². The van der Waals surface area contributed by atoms with Crippen LogP contribution in [0.25, 0.3) is 0 Å². The van der Waals surface area contributed by atoms with Crippen LogP contribution in [-0.2, 0) is 14.8 Å². The molecule has 0 aromatic rings. The van der Waals surface area contributed by atoms with E-state index in [9.17, 15) is 8.42 Å². The third-order valence-electron chi connectivity index (χ3n) is 2.90. The molecule has 1 heterocycles. The van der Waals surface area contributed by atoms with E-state index < -0.39 is 10.0 Å². The first kappa shape index (κ1) is 14.4. The Morgan fingerprint density at radius 3 is 2.59 bits per heavy atom. The van der Waals surface area contributed by atoms with Gasteiger partial charge in [-0.15, -0.1) is 0 Å². The maximum Gasteiger partial charge on any atom is 0.214 e. The first-order valence-corrected chi connectivity index (χ1v) is 7.42. The van der Waals surface area contributed by atoms with Gasteiger partial charge in [0.15, 0.2) is 0 Å². The minimum atomic E-state index is -3.32. The van der Waals surface area contributed by atoms with Crippen molar-refractivity contribution in [3.8, 4) is 0 Å². The molecule has 1 atom stereocenters. The van der Waals surface area contributed by atoms with E-state index in [1.54, 1.807) is 0 Å². The van der Waals surface area contributed by atoms with Gasteiger partial charge < -0.3 is 10.5 Å². The lowest BCUT2D eigenvalue weighted by molar-refractivity contribution is 0.0980. The van der Waals surface area contributed by atoms with Crippen LogP contribution in [0.2, 0.25) is 0 Å². The number of nitrogens with two attached hydrogens (primary N) is 1. The predicted molar refractivity (Wildman–Crippen MR) is 66.5 cm³/mol. The van der Waals surface area contributed by atoms with Gasteiger partial charge in [0.05, 0.1) is 11.1 Å². The van der Waals surface area contributed by atoms with Crippen molar-refractivity contribution in [1.29, 1.82) is 5.41 Å². The normalized spacial score (nSPS) is 20.1. The molecule has 0 amide bonds. The van der Waals surface area contributed by atoms with E-state index in [0.29, 0.717) is 32.5 Å². The average molecular weight is 263 g/mol. The number of sulfonamides is 1. The smallest absolute Gasteiger partial charge is 0.214 e. The molecule has 0 aliphatic carbocycles. The quantitative estimate of drug-likeness (QED) is 0.470. The molecule has 0 saturated carbocycles. The summed E-state index contributed by atoms with van der Waals surface area (Å²) in [5, 5.41) is 6.83. The van der Waals surface area contributed by atoms with E-state index in [0.717, 1.165) is 0 Å². The van der Waals surface area contributed by atoms with Crippen LogP contribution in [0.15, 0.2) is 0 Å². The summed E-state index contributed by atoms with van der Waals surface area (Å²) in [6.07, 6.45) is 1.96. The van der Waals surface area contributed by atoms with Crippen LogP contribution in [0, 0.1) is 5.41 Å². The van der Waals surface area contributed by atoms with Gasteiger partial charge in [-0.3, -0.25) is 5.41 Å². The fourth-order valence-electron chi connectivity index (χ4n) is 1.85. The Labute approximate surface area is 102 Å². The number of amidine groups is 1. The van der Waals surface area contributed by atoms with Crippen LogP contribution >= 0.6 is 0 Å². The molecule has 4 N–H and O–H groups in total. The monoisotopic (exact) mass is 263 g/mol. The van der Waals surface area contributed by atoms with Gasteiger partial charge in [-0.1, -0.05) is 6.92 Å². The molecule has 0 bridgehead atoms. The number of rotatable bonds is 6. The van der Waals surface area contributed by atoms with Crippen molar-refractivity contribution >= 4 is 15.9 Å². The zero-order chi connectivity index (χ0) is 12.9. The van der Waals surface area contributed by atoms with Gasteiger partial charge in [0, 0.05) is 25.7 Å². The highest BCUT2D eigenvalue weighted by molar-refractivity contribution is 7.90. The summed E-state index contributed by atoms with van der Waals surface area (Å²) >= 11 is 0. The minimum Gasteiger partial charge on any atom is -0.388 e. The van der Waals surface area contributed by atoms with Crippen LogP contribution in [0.1, 0.15) is 32.6 Å². The van der Waals surface area contributed by atoms with Crippen LogP contribution in [-0.4, -0.2) is 38.8 Å². The highest BCUT2D eigenvalue weighted by Crippen LogP contribution is 2.16. The number of hydrogen-bond donors (Lipinski definition) is 3. The van der Waals surface area contributed by atoms with E-state index >= 15 is 0 Å². The van der Waals surface area contributed by atoms with Crippen LogP contribution in [0.3, 0.4) is 0 Å². The molecule has 1 unspecified atom stereocenters. The second-order valence-electron chi connectivity index (χ2n) is 4.31. The van der Waals surface area contributed by atoms with Gasteiger partial charge in [0.2, 0.25) is 10.0 Å². The molecule has 1 rings (SSSR count). The van der Waals surface area contributed by atoms with E-state index in [4.69, 9.17) is 15.9 Å². The Morgan fingerprint density at radius 2 is 2.12 bits per heavy atom. The van der Waals surface area contributed by atoms with Crippen molar-refractivity contribution in [2.45, 2.75) is 43.9 Å². The summed E-state index contributed by atoms with van der Waals surface area (Å²) in [4.78, 5) is 0. The van der Waals surface area contributed by atoms with E-state index in [2.05, 4.69) is 4.72 Å². The Balaban J connectivity index is 2.59. The Morgan fingerprint density at radius 1 is 1.53 bits per heavy atom. The number of hydrogen-bond acceptors (Lipinski definition) is 4. The molecular formula is C10H21N3O3S. The van der Waals surface area contributed by atoms with Crippen molar-refractivity contribution in [2.75, 3.05) is 13.2 Å². The first-order valence-electron chi connectivity index (χ1n) is 5.87. The second-order valence-corrected chi connectivity index (χ2v) is 6.30. The Kier molecular flexibility index (Phi) is 5.35. The van der Waals surface area contributed by atoms with Gasteiger partial charge in [0.25, 0.3) is 0 Å². The molecule has 0 aromatic carbocycles. The van der Waals surface area contributed by atoms with Gasteiger partial charge in [-0.25, -0.2) is 13.1 Å². The number of ether oxygens (including phenoxy) is 1. The average Bonchev–Trinajstić information content (AvgIpc) is 2.28. The molecule has 17 heavy (non-hydrogen) atoms. The minimum absolute atomic E-state index is 0.00604. The van der Waals surface area contributed by atoms with E-state index in [1.807, 2.05) is 6.92 Å². The summed E-state index contributed by atoms with van der Waals surface area (Å²) in [6.45, 7) is 2.87. The highest BCUT2D eigenvalue weighted by atomic mass is 32.2. The molecule has 0 spiro atoms. The third kappa shape index (κ3) is 4.61. The molecule has 100 valence electrons. The zero-order valence-corrected chi connectivity index (χ0v) is 10.9. The molecule has 6 nitrogen and oxygen atoms in total. The predicted octanol–water partition coefficient (Wildman–Crippen LogP) is 0.189. The summed E-state index contributed by atoms with van der Waals surface area (Å²) in [7, 11) is -3.32. The molecule has 1 aliphatic rings. The largest absolute Gasteiger partial charge is 0.388 e. The maximum atomic E-state index is 12.1. The van der Waals surface area contributed by atoms with Crippen LogP contribution in [0.5, 0.6) is 0 Å². The SMILES string of the molecule is CCC(CC(=N)N)NS(=O)(=O)C1CCOCC1. The summed E-state index contributed by atoms with van der Waals surface area (Å²) in [6, 6.07) is -0.277. The fourth-order valence-corrected chi connectivity index (χ4v) is 3.57. The summed E-state index contributed by atoms with van der Waals surface area (Å²) < 4.78 is 31.9. The molecule has 0 radical (unpaired) electrons. The molecule has 1 saturated heterocycles. The number of nitrogens with one attached hydrogen (secondary N) is 2. The lowest BCUT2D eigenvalue weighted by Crippen LogP contribution is -2.44. The second kappa shape index (κ2) is 6.32. The standard InChI is InChI=1S/C10H21N3O3S/c1-2-8(7-10(11)12)13-17(14,15)9-3-5-16-6-4-9/h8-9,13H,2-7H2,1H3,(H3,11,12). The lowest BCUT2D eigenvalue weighted by atomic mass is 10.1. The van der Waals surface area contributed by atoms with E-state index in [-0.39, 0.29) is 23.5 Å². The first-order chi connectivity index (χ1) is 7.95.